The molecule has 1 aromatic rings. The molecular weight excluding hydrogens is 248 g/mol. The van der Waals surface area contributed by atoms with Crippen LogP contribution in [-0.4, -0.2) is 30.9 Å². The van der Waals surface area contributed by atoms with Crippen LogP contribution in [0.3, 0.4) is 0 Å². The van der Waals surface area contributed by atoms with Crippen molar-refractivity contribution in [3.63, 3.8) is 0 Å². The molecule has 3 nitrogen and oxygen atoms in total. The summed E-state index contributed by atoms with van der Waals surface area (Å²) in [6.45, 7) is 6.36. The van der Waals surface area contributed by atoms with Crippen LogP contribution in [0.2, 0.25) is 0 Å². The Balaban J connectivity index is 1.80. The van der Waals surface area contributed by atoms with Gasteiger partial charge in [-0.05, 0) is 58.3 Å². The molecule has 0 unspecified atom stereocenters. The van der Waals surface area contributed by atoms with Gasteiger partial charge in [-0.2, -0.15) is 0 Å². The zero-order valence-corrected chi connectivity index (χ0v) is 12.9. The molecule has 1 aromatic carbocycles. The highest BCUT2D eigenvalue weighted by molar-refractivity contribution is 5.76. The van der Waals surface area contributed by atoms with E-state index >= 15 is 0 Å². The monoisotopic (exact) mass is 274 g/mol. The standard InChI is InChI=1S/C17H26N2O/c1-13-4-6-16(7-5-13)14(2)18-17(20)12-15-8-10-19(3)11-9-15/h4-7,14-15H,8-12H2,1-3H3,(H,18,20)/t14-/m0/s1. The Kier molecular flexibility index (Phi) is 5.18. The van der Waals surface area contributed by atoms with Crippen LogP contribution in [0.5, 0.6) is 0 Å². The maximum atomic E-state index is 12.1. The van der Waals surface area contributed by atoms with Crippen molar-refractivity contribution in [3.8, 4) is 0 Å². The number of nitrogens with one attached hydrogen (secondary N) is 1. The molecule has 0 radical (unpaired) electrons. The molecule has 1 saturated heterocycles. The Bertz CT molecular complexity index is 433. The van der Waals surface area contributed by atoms with Gasteiger partial charge in [0.05, 0.1) is 6.04 Å². The molecule has 0 aromatic heterocycles. The molecule has 0 bridgehead atoms. The SMILES string of the molecule is Cc1ccc([C@H](C)NC(=O)CC2CCN(C)CC2)cc1. The summed E-state index contributed by atoms with van der Waals surface area (Å²) in [6.07, 6.45) is 2.95. The molecule has 110 valence electrons. The van der Waals surface area contributed by atoms with Crippen LogP contribution in [-0.2, 0) is 4.79 Å². The van der Waals surface area contributed by atoms with Crippen molar-refractivity contribution in [2.24, 2.45) is 5.92 Å². The van der Waals surface area contributed by atoms with E-state index in [2.05, 4.69) is 55.4 Å². The number of hydrogen-bond acceptors (Lipinski definition) is 2. The van der Waals surface area contributed by atoms with Gasteiger partial charge >= 0.3 is 0 Å². The number of likely N-dealkylation sites (tertiary alicyclic amines) is 1. The van der Waals surface area contributed by atoms with Gasteiger partial charge in [0.1, 0.15) is 0 Å². The van der Waals surface area contributed by atoms with Gasteiger partial charge in [0.25, 0.3) is 0 Å². The molecule has 1 aliphatic heterocycles. The fraction of sp³-hybridized carbons (Fsp3) is 0.588. The lowest BCUT2D eigenvalue weighted by molar-refractivity contribution is -0.123. The van der Waals surface area contributed by atoms with Crippen molar-refractivity contribution in [1.82, 2.24) is 10.2 Å². The van der Waals surface area contributed by atoms with Gasteiger partial charge in [-0.15, -0.1) is 0 Å². The molecule has 0 spiro atoms. The number of rotatable bonds is 4. The Morgan fingerprint density at radius 2 is 1.90 bits per heavy atom. The van der Waals surface area contributed by atoms with Crippen molar-refractivity contribution in [3.05, 3.63) is 35.4 Å². The van der Waals surface area contributed by atoms with Gasteiger partial charge in [-0.3, -0.25) is 4.79 Å². The van der Waals surface area contributed by atoms with Crippen LogP contribution in [0.25, 0.3) is 0 Å². The molecule has 3 heteroatoms. The Morgan fingerprint density at radius 1 is 1.30 bits per heavy atom. The van der Waals surface area contributed by atoms with Crippen LogP contribution in [0.1, 0.15) is 43.4 Å². The molecule has 1 amide bonds. The lowest BCUT2D eigenvalue weighted by Gasteiger charge is -2.28. The molecular formula is C17H26N2O. The fourth-order valence-corrected chi connectivity index (χ4v) is 2.77. The third-order valence-electron chi connectivity index (χ3n) is 4.27. The first kappa shape index (κ1) is 15.0. The van der Waals surface area contributed by atoms with E-state index in [-0.39, 0.29) is 11.9 Å². The van der Waals surface area contributed by atoms with Crippen LogP contribution in [0, 0.1) is 12.8 Å². The van der Waals surface area contributed by atoms with Crippen LogP contribution >= 0.6 is 0 Å². The number of nitrogens with zero attached hydrogens (tertiary/aromatic N) is 1. The van der Waals surface area contributed by atoms with Crippen molar-refractivity contribution in [2.75, 3.05) is 20.1 Å². The largest absolute Gasteiger partial charge is 0.350 e. The minimum Gasteiger partial charge on any atom is -0.350 e. The van der Waals surface area contributed by atoms with Crippen LogP contribution in [0.15, 0.2) is 24.3 Å². The lowest BCUT2D eigenvalue weighted by Crippen LogP contribution is -2.34. The van der Waals surface area contributed by atoms with E-state index in [1.165, 1.54) is 11.1 Å². The van der Waals surface area contributed by atoms with Crippen molar-refractivity contribution >= 4 is 5.91 Å². The van der Waals surface area contributed by atoms with Gasteiger partial charge in [-0.25, -0.2) is 0 Å². The summed E-state index contributed by atoms with van der Waals surface area (Å²) in [4.78, 5) is 14.5. The maximum Gasteiger partial charge on any atom is 0.220 e. The first-order valence-corrected chi connectivity index (χ1v) is 7.59. The smallest absolute Gasteiger partial charge is 0.220 e. The first-order valence-electron chi connectivity index (χ1n) is 7.59. The van der Waals surface area contributed by atoms with Crippen molar-refractivity contribution in [1.29, 1.82) is 0 Å². The molecule has 1 heterocycles. The summed E-state index contributed by atoms with van der Waals surface area (Å²) in [6, 6.07) is 8.46. The third-order valence-corrected chi connectivity index (χ3v) is 4.27. The fourth-order valence-electron chi connectivity index (χ4n) is 2.77. The molecule has 20 heavy (non-hydrogen) atoms. The highest BCUT2D eigenvalue weighted by Gasteiger charge is 2.20. The highest BCUT2D eigenvalue weighted by atomic mass is 16.1. The molecule has 0 saturated carbocycles. The van der Waals surface area contributed by atoms with Crippen molar-refractivity contribution in [2.45, 2.75) is 39.2 Å². The number of piperidine rings is 1. The summed E-state index contributed by atoms with van der Waals surface area (Å²) in [5, 5.41) is 3.12. The molecule has 1 atom stereocenters. The van der Waals surface area contributed by atoms with E-state index in [9.17, 15) is 4.79 Å². The van der Waals surface area contributed by atoms with Gasteiger partial charge in [0.2, 0.25) is 5.91 Å². The Labute approximate surface area is 122 Å². The zero-order valence-electron chi connectivity index (χ0n) is 12.9. The minimum atomic E-state index is 0.0920. The van der Waals surface area contributed by atoms with Gasteiger partial charge in [-0.1, -0.05) is 29.8 Å². The zero-order chi connectivity index (χ0) is 14.5. The second kappa shape index (κ2) is 6.89. The summed E-state index contributed by atoms with van der Waals surface area (Å²) >= 11 is 0. The quantitative estimate of drug-likeness (QED) is 0.915. The van der Waals surface area contributed by atoms with Crippen molar-refractivity contribution < 1.29 is 4.79 Å². The van der Waals surface area contributed by atoms with E-state index in [1.54, 1.807) is 0 Å². The first-order chi connectivity index (χ1) is 9.54. The normalized spacial score (nSPS) is 18.8. The number of aryl methyl sites for hydroxylation is 1. The van der Waals surface area contributed by atoms with E-state index < -0.39 is 0 Å². The summed E-state index contributed by atoms with van der Waals surface area (Å²) in [5.74, 6) is 0.740. The number of amides is 1. The summed E-state index contributed by atoms with van der Waals surface area (Å²) < 4.78 is 0. The average molecular weight is 274 g/mol. The van der Waals surface area contributed by atoms with E-state index in [0.717, 1.165) is 25.9 Å². The van der Waals surface area contributed by atoms with Gasteiger partial charge < -0.3 is 10.2 Å². The summed E-state index contributed by atoms with van der Waals surface area (Å²) in [5.41, 5.74) is 2.42. The predicted octanol–water partition coefficient (Wildman–Crippen LogP) is 2.90. The Morgan fingerprint density at radius 3 is 2.50 bits per heavy atom. The van der Waals surface area contributed by atoms with E-state index in [0.29, 0.717) is 12.3 Å². The molecule has 1 fully saturated rings. The molecule has 2 rings (SSSR count). The number of hydrogen-bond donors (Lipinski definition) is 1. The summed E-state index contributed by atoms with van der Waals surface area (Å²) in [7, 11) is 2.15. The minimum absolute atomic E-state index is 0.0920. The molecule has 0 aliphatic carbocycles. The number of carbonyl (C=O) groups is 1. The number of carbonyl (C=O) groups excluding carboxylic acids is 1. The van der Waals surface area contributed by atoms with E-state index in [4.69, 9.17) is 0 Å². The molecule has 1 N–H and O–H groups in total. The lowest BCUT2D eigenvalue weighted by atomic mass is 9.93. The second-order valence-corrected chi connectivity index (χ2v) is 6.15. The Hall–Kier alpha value is -1.35. The number of benzene rings is 1. The van der Waals surface area contributed by atoms with Gasteiger partial charge in [0, 0.05) is 6.42 Å². The topological polar surface area (TPSA) is 32.3 Å². The van der Waals surface area contributed by atoms with Crippen LogP contribution in [0.4, 0.5) is 0 Å². The maximum absolute atomic E-state index is 12.1. The average Bonchev–Trinajstić information content (AvgIpc) is 2.42. The van der Waals surface area contributed by atoms with Gasteiger partial charge in [0.15, 0.2) is 0 Å². The van der Waals surface area contributed by atoms with Crippen LogP contribution < -0.4 is 5.32 Å². The second-order valence-electron chi connectivity index (χ2n) is 6.15. The van der Waals surface area contributed by atoms with E-state index in [1.807, 2.05) is 0 Å². The third kappa shape index (κ3) is 4.34. The molecule has 1 aliphatic rings. The predicted molar refractivity (Wildman–Crippen MR) is 82.6 cm³/mol. The highest BCUT2D eigenvalue weighted by Crippen LogP contribution is 2.20.